The third-order valence-electron chi connectivity index (χ3n) is 3.73. The second-order valence-electron chi connectivity index (χ2n) is 5.33. The number of fused-ring (bicyclic) bond motifs is 1. The van der Waals surface area contributed by atoms with Gasteiger partial charge in [-0.1, -0.05) is 35.9 Å². The predicted octanol–water partition coefficient (Wildman–Crippen LogP) is 5.40. The van der Waals surface area contributed by atoms with Gasteiger partial charge in [0.25, 0.3) is 0 Å². The second kappa shape index (κ2) is 5.45. The predicted molar refractivity (Wildman–Crippen MR) is 94.3 cm³/mol. The molecule has 0 atom stereocenters. The van der Waals surface area contributed by atoms with Crippen LogP contribution in [0.25, 0.3) is 33.7 Å². The Kier molecular flexibility index (Phi) is 3.28. The van der Waals surface area contributed by atoms with Crippen molar-refractivity contribution >= 4 is 28.4 Å². The SMILES string of the molecule is Nc1ccc(-c2ccc(-c3nc4ccc(Cl)cc4o3)cc2)cc1. The van der Waals surface area contributed by atoms with Crippen LogP contribution in [0.4, 0.5) is 5.69 Å². The summed E-state index contributed by atoms with van der Waals surface area (Å²) in [4.78, 5) is 4.50. The van der Waals surface area contributed by atoms with Crippen LogP contribution in [0.15, 0.2) is 71.1 Å². The highest BCUT2D eigenvalue weighted by atomic mass is 35.5. The largest absolute Gasteiger partial charge is 0.436 e. The molecule has 0 spiro atoms. The molecule has 3 aromatic carbocycles. The van der Waals surface area contributed by atoms with Crippen LogP contribution >= 0.6 is 11.6 Å². The monoisotopic (exact) mass is 320 g/mol. The van der Waals surface area contributed by atoms with Gasteiger partial charge in [-0.3, -0.25) is 0 Å². The summed E-state index contributed by atoms with van der Waals surface area (Å²) in [7, 11) is 0. The lowest BCUT2D eigenvalue weighted by atomic mass is 10.0. The van der Waals surface area contributed by atoms with Gasteiger partial charge >= 0.3 is 0 Å². The first-order valence-electron chi connectivity index (χ1n) is 7.21. The highest BCUT2D eigenvalue weighted by molar-refractivity contribution is 6.31. The molecule has 2 N–H and O–H groups in total. The molecule has 23 heavy (non-hydrogen) atoms. The first-order valence-corrected chi connectivity index (χ1v) is 7.59. The van der Waals surface area contributed by atoms with Crippen molar-refractivity contribution in [3.8, 4) is 22.6 Å². The fraction of sp³-hybridized carbons (Fsp3) is 0. The summed E-state index contributed by atoms with van der Waals surface area (Å²) in [6.07, 6.45) is 0. The number of anilines is 1. The maximum absolute atomic E-state index is 5.98. The van der Waals surface area contributed by atoms with E-state index in [1.807, 2.05) is 54.6 Å². The molecule has 1 heterocycles. The van der Waals surface area contributed by atoms with Gasteiger partial charge in [0.1, 0.15) is 5.52 Å². The summed E-state index contributed by atoms with van der Waals surface area (Å²) in [5.74, 6) is 0.589. The highest BCUT2D eigenvalue weighted by Crippen LogP contribution is 2.28. The molecule has 1 aromatic heterocycles. The van der Waals surface area contributed by atoms with Gasteiger partial charge in [0.15, 0.2) is 5.58 Å². The molecule has 0 amide bonds. The van der Waals surface area contributed by atoms with Gasteiger partial charge in [0.2, 0.25) is 5.89 Å². The summed E-state index contributed by atoms with van der Waals surface area (Å²) in [6, 6.07) is 21.3. The van der Waals surface area contributed by atoms with Crippen molar-refractivity contribution in [1.82, 2.24) is 4.98 Å². The lowest BCUT2D eigenvalue weighted by Crippen LogP contribution is -1.84. The summed E-state index contributed by atoms with van der Waals surface area (Å²) in [6.45, 7) is 0. The molecule has 0 aliphatic rings. The van der Waals surface area contributed by atoms with E-state index in [4.69, 9.17) is 21.8 Å². The fourth-order valence-corrected chi connectivity index (χ4v) is 2.66. The number of oxazole rings is 1. The maximum Gasteiger partial charge on any atom is 0.227 e. The van der Waals surface area contributed by atoms with Crippen LogP contribution < -0.4 is 5.73 Å². The molecule has 0 saturated carbocycles. The lowest BCUT2D eigenvalue weighted by molar-refractivity contribution is 0.620. The van der Waals surface area contributed by atoms with Crippen LogP contribution in [0.1, 0.15) is 0 Å². The molecule has 0 radical (unpaired) electrons. The Morgan fingerprint density at radius 1 is 0.783 bits per heavy atom. The first-order chi connectivity index (χ1) is 11.2. The molecule has 0 unspecified atom stereocenters. The van der Waals surface area contributed by atoms with E-state index < -0.39 is 0 Å². The number of aromatic nitrogens is 1. The Morgan fingerprint density at radius 2 is 1.39 bits per heavy atom. The van der Waals surface area contributed by atoms with Crippen molar-refractivity contribution < 1.29 is 4.42 Å². The molecule has 4 heteroatoms. The van der Waals surface area contributed by atoms with Gasteiger partial charge in [0, 0.05) is 22.3 Å². The van der Waals surface area contributed by atoms with E-state index in [0.717, 1.165) is 27.9 Å². The number of nitrogen functional groups attached to an aromatic ring is 1. The van der Waals surface area contributed by atoms with Crippen molar-refractivity contribution in [2.45, 2.75) is 0 Å². The quantitative estimate of drug-likeness (QED) is 0.503. The molecule has 0 fully saturated rings. The number of rotatable bonds is 2. The molecule has 0 bridgehead atoms. The maximum atomic E-state index is 5.98. The van der Waals surface area contributed by atoms with E-state index in [0.29, 0.717) is 16.5 Å². The summed E-state index contributed by atoms with van der Waals surface area (Å²) < 4.78 is 5.78. The minimum absolute atomic E-state index is 0.589. The smallest absolute Gasteiger partial charge is 0.227 e. The standard InChI is InChI=1S/C19H13ClN2O/c20-15-7-10-17-18(11-15)23-19(22-17)14-3-1-12(2-4-14)13-5-8-16(21)9-6-13/h1-11H,21H2. The number of hydrogen-bond acceptors (Lipinski definition) is 3. The van der Waals surface area contributed by atoms with E-state index in [1.165, 1.54) is 0 Å². The van der Waals surface area contributed by atoms with Crippen LogP contribution in [0.3, 0.4) is 0 Å². The van der Waals surface area contributed by atoms with Crippen molar-refractivity contribution in [2.24, 2.45) is 0 Å². The van der Waals surface area contributed by atoms with Gasteiger partial charge in [-0.05, 0) is 47.5 Å². The van der Waals surface area contributed by atoms with E-state index in [9.17, 15) is 0 Å². The number of hydrogen-bond donors (Lipinski definition) is 1. The molecular weight excluding hydrogens is 308 g/mol. The number of benzene rings is 3. The molecule has 4 rings (SSSR count). The Morgan fingerprint density at radius 3 is 2.09 bits per heavy atom. The van der Waals surface area contributed by atoms with Gasteiger partial charge < -0.3 is 10.2 Å². The summed E-state index contributed by atoms with van der Waals surface area (Å²) in [5, 5.41) is 0.638. The Balaban J connectivity index is 1.70. The topological polar surface area (TPSA) is 52.0 Å². The average Bonchev–Trinajstić information content (AvgIpc) is 2.99. The zero-order chi connectivity index (χ0) is 15.8. The zero-order valence-corrected chi connectivity index (χ0v) is 12.9. The van der Waals surface area contributed by atoms with Crippen molar-refractivity contribution in [3.05, 3.63) is 71.8 Å². The normalized spacial score (nSPS) is 11.0. The average molecular weight is 321 g/mol. The molecule has 112 valence electrons. The molecule has 0 saturated heterocycles. The van der Waals surface area contributed by atoms with E-state index >= 15 is 0 Å². The number of nitrogens with two attached hydrogens (primary N) is 1. The molecule has 4 aromatic rings. The van der Waals surface area contributed by atoms with Crippen LogP contribution in [0.5, 0.6) is 0 Å². The van der Waals surface area contributed by atoms with Crippen LogP contribution in [-0.4, -0.2) is 4.98 Å². The molecular formula is C19H13ClN2O. The fourth-order valence-electron chi connectivity index (χ4n) is 2.50. The molecule has 0 aliphatic heterocycles. The van der Waals surface area contributed by atoms with Gasteiger partial charge in [-0.2, -0.15) is 0 Å². The Hall–Kier alpha value is -2.78. The van der Waals surface area contributed by atoms with E-state index in [-0.39, 0.29) is 0 Å². The van der Waals surface area contributed by atoms with Gasteiger partial charge in [-0.15, -0.1) is 0 Å². The summed E-state index contributed by atoms with van der Waals surface area (Å²) in [5.41, 5.74) is 11.1. The van der Waals surface area contributed by atoms with Crippen LogP contribution in [0.2, 0.25) is 5.02 Å². The first kappa shape index (κ1) is 13.9. The number of halogens is 1. The van der Waals surface area contributed by atoms with Crippen molar-refractivity contribution in [3.63, 3.8) is 0 Å². The third kappa shape index (κ3) is 2.67. The van der Waals surface area contributed by atoms with E-state index in [1.54, 1.807) is 12.1 Å². The van der Waals surface area contributed by atoms with Crippen molar-refractivity contribution in [2.75, 3.05) is 5.73 Å². The molecule has 0 aliphatic carbocycles. The zero-order valence-electron chi connectivity index (χ0n) is 12.2. The third-order valence-corrected chi connectivity index (χ3v) is 3.96. The lowest BCUT2D eigenvalue weighted by Gasteiger charge is -2.03. The molecule has 3 nitrogen and oxygen atoms in total. The Bertz CT molecular complexity index is 973. The highest BCUT2D eigenvalue weighted by Gasteiger charge is 2.09. The van der Waals surface area contributed by atoms with Crippen LogP contribution in [-0.2, 0) is 0 Å². The Labute approximate surface area is 138 Å². The van der Waals surface area contributed by atoms with E-state index in [2.05, 4.69) is 4.98 Å². The second-order valence-corrected chi connectivity index (χ2v) is 5.77. The van der Waals surface area contributed by atoms with Crippen LogP contribution in [0, 0.1) is 0 Å². The minimum atomic E-state index is 0.589. The summed E-state index contributed by atoms with van der Waals surface area (Å²) >= 11 is 5.98. The van der Waals surface area contributed by atoms with Gasteiger partial charge in [-0.25, -0.2) is 4.98 Å². The number of nitrogens with zero attached hydrogens (tertiary/aromatic N) is 1. The van der Waals surface area contributed by atoms with Crippen molar-refractivity contribution in [1.29, 1.82) is 0 Å². The minimum Gasteiger partial charge on any atom is -0.436 e. The van der Waals surface area contributed by atoms with Gasteiger partial charge in [0.05, 0.1) is 0 Å².